The van der Waals surface area contributed by atoms with Crippen LogP contribution in [0.15, 0.2) is 12.1 Å². The molecule has 0 aliphatic heterocycles. The number of halogens is 2. The van der Waals surface area contributed by atoms with Gasteiger partial charge in [-0.15, -0.1) is 11.6 Å². The fourth-order valence-corrected chi connectivity index (χ4v) is 1.42. The molecule has 76 valence electrons. The lowest BCUT2D eigenvalue weighted by Crippen LogP contribution is -2.07. The smallest absolute Gasteiger partial charge is 0.180 e. The van der Waals surface area contributed by atoms with Gasteiger partial charge in [0, 0.05) is 5.56 Å². The highest BCUT2D eigenvalue weighted by molar-refractivity contribution is 6.30. The van der Waals surface area contributed by atoms with E-state index in [4.69, 9.17) is 16.3 Å². The molecule has 0 aliphatic carbocycles. The highest BCUT2D eigenvalue weighted by Crippen LogP contribution is 2.24. The number of Topliss-reactive ketones (excluding diaryl/α,β-unsaturated/α-hetero) is 1. The molecule has 1 aromatic carbocycles. The third-order valence-corrected chi connectivity index (χ3v) is 2.23. The number of alkyl halides is 1. The first-order chi connectivity index (χ1) is 6.61. The average Bonchev–Trinajstić information content (AvgIpc) is 2.18. The maximum Gasteiger partial charge on any atom is 0.180 e. The van der Waals surface area contributed by atoms with Crippen LogP contribution in [-0.2, 0) is 0 Å². The number of rotatable bonds is 3. The molecular formula is C10H10ClFO2. The molecule has 0 heterocycles. The van der Waals surface area contributed by atoms with Crippen molar-refractivity contribution < 1.29 is 13.9 Å². The molecule has 0 radical (unpaired) electrons. The molecule has 0 amide bonds. The van der Waals surface area contributed by atoms with Crippen LogP contribution in [0.1, 0.15) is 15.9 Å². The lowest BCUT2D eigenvalue weighted by Gasteiger charge is -2.09. The predicted octanol–water partition coefficient (Wildman–Crippen LogP) is 2.56. The van der Waals surface area contributed by atoms with Crippen LogP contribution >= 0.6 is 11.6 Å². The third-order valence-electron chi connectivity index (χ3n) is 1.98. The van der Waals surface area contributed by atoms with Gasteiger partial charge in [-0.25, -0.2) is 4.39 Å². The molecule has 4 heteroatoms. The first-order valence-corrected chi connectivity index (χ1v) is 4.57. The molecule has 1 aromatic rings. The Morgan fingerprint density at radius 2 is 2.21 bits per heavy atom. The molecule has 0 unspecified atom stereocenters. The van der Waals surface area contributed by atoms with Crippen molar-refractivity contribution in [2.24, 2.45) is 0 Å². The molecule has 0 aliphatic rings. The molecule has 0 spiro atoms. The zero-order valence-corrected chi connectivity index (χ0v) is 8.69. The van der Waals surface area contributed by atoms with Gasteiger partial charge in [-0.3, -0.25) is 4.79 Å². The number of carbonyl (C=O) groups excluding carboxylic acids is 1. The number of methoxy groups -OCH3 is 1. The molecule has 0 fully saturated rings. The number of benzene rings is 1. The van der Waals surface area contributed by atoms with E-state index in [2.05, 4.69) is 0 Å². The minimum atomic E-state index is -0.561. The van der Waals surface area contributed by atoms with Gasteiger partial charge in [-0.05, 0) is 19.1 Å². The summed E-state index contributed by atoms with van der Waals surface area (Å²) in [6, 6.07) is 2.68. The minimum Gasteiger partial charge on any atom is -0.496 e. The molecule has 0 saturated heterocycles. The van der Waals surface area contributed by atoms with Crippen molar-refractivity contribution in [3.8, 4) is 5.75 Å². The summed E-state index contributed by atoms with van der Waals surface area (Å²) < 4.78 is 18.2. The van der Waals surface area contributed by atoms with E-state index in [1.165, 1.54) is 19.2 Å². The number of ketones is 1. The van der Waals surface area contributed by atoms with Crippen molar-refractivity contribution in [1.82, 2.24) is 0 Å². The van der Waals surface area contributed by atoms with Crippen molar-refractivity contribution in [2.45, 2.75) is 6.92 Å². The van der Waals surface area contributed by atoms with Gasteiger partial charge in [0.05, 0.1) is 18.6 Å². The number of carbonyl (C=O) groups is 1. The van der Waals surface area contributed by atoms with Crippen molar-refractivity contribution in [2.75, 3.05) is 13.0 Å². The fourth-order valence-electron chi connectivity index (χ4n) is 1.29. The normalized spacial score (nSPS) is 10.0. The Morgan fingerprint density at radius 3 is 2.71 bits per heavy atom. The van der Waals surface area contributed by atoms with Crippen LogP contribution in [0.5, 0.6) is 5.75 Å². The lowest BCUT2D eigenvalue weighted by atomic mass is 10.0. The van der Waals surface area contributed by atoms with Crippen LogP contribution in [0.3, 0.4) is 0 Å². The second-order valence-electron chi connectivity index (χ2n) is 2.81. The Labute approximate surface area is 86.6 Å². The van der Waals surface area contributed by atoms with E-state index in [1.807, 2.05) is 0 Å². The summed E-state index contributed by atoms with van der Waals surface area (Å²) in [6.07, 6.45) is 0. The van der Waals surface area contributed by atoms with Crippen molar-refractivity contribution in [3.05, 3.63) is 29.1 Å². The Morgan fingerprint density at radius 1 is 1.57 bits per heavy atom. The van der Waals surface area contributed by atoms with Crippen molar-refractivity contribution >= 4 is 17.4 Å². The molecular weight excluding hydrogens is 207 g/mol. The number of ether oxygens (including phenoxy) is 1. The fraction of sp³-hybridized carbons (Fsp3) is 0.300. The van der Waals surface area contributed by atoms with E-state index in [1.54, 1.807) is 6.92 Å². The van der Waals surface area contributed by atoms with Gasteiger partial charge in [0.2, 0.25) is 0 Å². The zero-order chi connectivity index (χ0) is 10.7. The van der Waals surface area contributed by atoms with Crippen LogP contribution in [-0.4, -0.2) is 18.8 Å². The summed E-state index contributed by atoms with van der Waals surface area (Å²) in [5.74, 6) is -0.736. The molecule has 0 aromatic heterocycles. The van der Waals surface area contributed by atoms with E-state index in [-0.39, 0.29) is 11.4 Å². The largest absolute Gasteiger partial charge is 0.496 e. The Hall–Kier alpha value is -1.09. The van der Waals surface area contributed by atoms with Crippen LogP contribution in [0, 0.1) is 12.7 Å². The first-order valence-electron chi connectivity index (χ1n) is 4.04. The van der Waals surface area contributed by atoms with Crippen LogP contribution in [0.4, 0.5) is 4.39 Å². The van der Waals surface area contributed by atoms with Gasteiger partial charge >= 0.3 is 0 Å². The van der Waals surface area contributed by atoms with E-state index in [0.29, 0.717) is 11.3 Å². The predicted molar refractivity (Wildman–Crippen MR) is 52.7 cm³/mol. The summed E-state index contributed by atoms with van der Waals surface area (Å²) in [7, 11) is 1.47. The van der Waals surface area contributed by atoms with Gasteiger partial charge in [0.25, 0.3) is 0 Å². The maximum atomic E-state index is 13.3. The van der Waals surface area contributed by atoms with Crippen molar-refractivity contribution in [3.63, 3.8) is 0 Å². The SMILES string of the molecule is COc1ccc(F)c(C(=O)CCl)c1C. The van der Waals surface area contributed by atoms with Gasteiger partial charge in [0.1, 0.15) is 11.6 Å². The van der Waals surface area contributed by atoms with E-state index < -0.39 is 11.6 Å². The van der Waals surface area contributed by atoms with Gasteiger partial charge in [-0.1, -0.05) is 0 Å². The quantitative estimate of drug-likeness (QED) is 0.574. The maximum absolute atomic E-state index is 13.3. The summed E-state index contributed by atoms with van der Waals surface area (Å²) in [4.78, 5) is 11.3. The Kier molecular flexibility index (Phi) is 3.47. The lowest BCUT2D eigenvalue weighted by molar-refractivity contribution is 0.101. The third kappa shape index (κ3) is 1.87. The monoisotopic (exact) mass is 216 g/mol. The van der Waals surface area contributed by atoms with E-state index >= 15 is 0 Å². The highest BCUT2D eigenvalue weighted by Gasteiger charge is 2.16. The Balaban J connectivity index is 3.32. The van der Waals surface area contributed by atoms with Crippen molar-refractivity contribution in [1.29, 1.82) is 0 Å². The van der Waals surface area contributed by atoms with Crippen LogP contribution in [0.25, 0.3) is 0 Å². The van der Waals surface area contributed by atoms with Gasteiger partial charge in [-0.2, -0.15) is 0 Å². The minimum absolute atomic E-state index is 0.0133. The van der Waals surface area contributed by atoms with Crippen LogP contribution in [0.2, 0.25) is 0 Å². The second-order valence-corrected chi connectivity index (χ2v) is 3.07. The van der Waals surface area contributed by atoms with E-state index in [9.17, 15) is 9.18 Å². The molecule has 14 heavy (non-hydrogen) atoms. The van der Waals surface area contributed by atoms with Gasteiger partial charge < -0.3 is 4.74 Å². The Bertz CT molecular complexity index is 363. The molecule has 0 saturated carbocycles. The molecule has 0 atom stereocenters. The van der Waals surface area contributed by atoms with E-state index in [0.717, 1.165) is 0 Å². The van der Waals surface area contributed by atoms with Gasteiger partial charge in [0.15, 0.2) is 5.78 Å². The first kappa shape index (κ1) is 11.0. The molecule has 0 N–H and O–H groups in total. The summed E-state index contributed by atoms with van der Waals surface area (Å²) in [5.41, 5.74) is 0.498. The highest BCUT2D eigenvalue weighted by atomic mass is 35.5. The summed E-state index contributed by atoms with van der Waals surface area (Å²) in [6.45, 7) is 1.63. The molecule has 0 bridgehead atoms. The number of hydrogen-bond donors (Lipinski definition) is 0. The molecule has 2 nitrogen and oxygen atoms in total. The topological polar surface area (TPSA) is 26.3 Å². The zero-order valence-electron chi connectivity index (χ0n) is 7.93. The summed E-state index contributed by atoms with van der Waals surface area (Å²) >= 11 is 5.37. The second kappa shape index (κ2) is 4.42. The molecule has 1 rings (SSSR count). The average molecular weight is 217 g/mol. The van der Waals surface area contributed by atoms with Crippen LogP contribution < -0.4 is 4.74 Å². The number of hydrogen-bond acceptors (Lipinski definition) is 2. The summed E-state index contributed by atoms with van der Waals surface area (Å²) in [5, 5.41) is 0. The standard InChI is InChI=1S/C10H10ClFO2/c1-6-9(14-2)4-3-7(12)10(6)8(13)5-11/h3-4H,5H2,1-2H3.